The first-order chi connectivity index (χ1) is 9.65. The predicted molar refractivity (Wildman–Crippen MR) is 83.7 cm³/mol. The van der Waals surface area contributed by atoms with E-state index in [9.17, 15) is 9.59 Å². The summed E-state index contributed by atoms with van der Waals surface area (Å²) in [6.45, 7) is 2.60. The zero-order valence-corrected chi connectivity index (χ0v) is 13.0. The van der Waals surface area contributed by atoms with Gasteiger partial charge in [-0.05, 0) is 36.9 Å². The van der Waals surface area contributed by atoms with Crippen LogP contribution in [0.2, 0.25) is 0 Å². The molecule has 0 unspecified atom stereocenters. The minimum atomic E-state index is -0.0526. The summed E-state index contributed by atoms with van der Waals surface area (Å²) in [5.74, 6) is -0.000286. The van der Waals surface area contributed by atoms with Gasteiger partial charge in [0.25, 0.3) is 0 Å². The third kappa shape index (κ3) is 4.58. The maximum absolute atomic E-state index is 11.9. The van der Waals surface area contributed by atoms with Crippen LogP contribution in [0.3, 0.4) is 0 Å². The molecule has 1 amide bonds. The number of ketones is 1. The van der Waals surface area contributed by atoms with Gasteiger partial charge in [-0.25, -0.2) is 0 Å². The lowest BCUT2D eigenvalue weighted by atomic mass is 10.2. The Morgan fingerprint density at radius 2 is 2.05 bits per heavy atom. The van der Waals surface area contributed by atoms with Crippen molar-refractivity contribution in [3.63, 3.8) is 0 Å². The average molecular weight is 307 g/mol. The van der Waals surface area contributed by atoms with Gasteiger partial charge in [-0.2, -0.15) is 0 Å². The van der Waals surface area contributed by atoms with E-state index in [1.54, 1.807) is 11.3 Å². The van der Waals surface area contributed by atoms with Crippen molar-refractivity contribution in [3.8, 4) is 0 Å². The van der Waals surface area contributed by atoms with Crippen LogP contribution in [-0.2, 0) is 11.2 Å². The molecule has 0 bridgehead atoms. The molecule has 2 rings (SSSR count). The number of aryl methyl sites for hydroxylation is 1. The Labute approximate surface area is 126 Å². The fourth-order valence-corrected chi connectivity index (χ4v) is 3.35. The normalized spacial score (nSPS) is 10.4. The van der Waals surface area contributed by atoms with Gasteiger partial charge >= 0.3 is 0 Å². The van der Waals surface area contributed by atoms with Crippen LogP contribution in [0.4, 0.5) is 0 Å². The highest BCUT2D eigenvalue weighted by Gasteiger charge is 2.10. The Balaban J connectivity index is 1.66. The summed E-state index contributed by atoms with van der Waals surface area (Å²) < 4.78 is 0. The lowest BCUT2D eigenvalue weighted by Crippen LogP contribution is -2.25. The molecule has 2 aromatic heterocycles. The van der Waals surface area contributed by atoms with E-state index < -0.39 is 0 Å². The SMILES string of the molecule is Cc1ccc(C(=O)CCC(=O)NCCc2cccs2)s1. The summed E-state index contributed by atoms with van der Waals surface area (Å²) in [5.41, 5.74) is 0. The maximum Gasteiger partial charge on any atom is 0.220 e. The van der Waals surface area contributed by atoms with Gasteiger partial charge in [0.05, 0.1) is 4.88 Å². The molecule has 5 heteroatoms. The smallest absolute Gasteiger partial charge is 0.220 e. The van der Waals surface area contributed by atoms with Gasteiger partial charge in [-0.15, -0.1) is 22.7 Å². The number of carbonyl (C=O) groups excluding carboxylic acids is 2. The Bertz CT molecular complexity index is 572. The van der Waals surface area contributed by atoms with E-state index in [4.69, 9.17) is 0 Å². The van der Waals surface area contributed by atoms with E-state index in [0.717, 1.165) is 16.2 Å². The van der Waals surface area contributed by atoms with Gasteiger partial charge in [0.2, 0.25) is 5.91 Å². The largest absolute Gasteiger partial charge is 0.356 e. The molecule has 0 aliphatic carbocycles. The standard InChI is InChI=1S/C15H17NO2S2/c1-11-4-6-14(20-11)13(17)5-7-15(18)16-9-8-12-3-2-10-19-12/h2-4,6,10H,5,7-9H2,1H3,(H,16,18). The quantitative estimate of drug-likeness (QED) is 0.797. The van der Waals surface area contributed by atoms with Gasteiger partial charge in [0.1, 0.15) is 0 Å². The minimum absolute atomic E-state index is 0.0523. The number of amides is 1. The molecular formula is C15H17NO2S2. The summed E-state index contributed by atoms with van der Waals surface area (Å²) >= 11 is 3.17. The van der Waals surface area contributed by atoms with Gasteiger partial charge in [0.15, 0.2) is 5.78 Å². The van der Waals surface area contributed by atoms with Crippen molar-refractivity contribution in [2.45, 2.75) is 26.2 Å². The number of Topliss-reactive ketones (excluding diaryl/α,β-unsaturated/α-hetero) is 1. The molecule has 0 radical (unpaired) electrons. The van der Waals surface area contributed by atoms with Crippen molar-refractivity contribution in [2.75, 3.05) is 6.54 Å². The fraction of sp³-hybridized carbons (Fsp3) is 0.333. The van der Waals surface area contributed by atoms with Crippen LogP contribution in [0.15, 0.2) is 29.6 Å². The van der Waals surface area contributed by atoms with Crippen molar-refractivity contribution < 1.29 is 9.59 Å². The van der Waals surface area contributed by atoms with Crippen LogP contribution in [0.25, 0.3) is 0 Å². The van der Waals surface area contributed by atoms with Gasteiger partial charge < -0.3 is 5.32 Å². The number of thiophene rings is 2. The molecule has 0 saturated carbocycles. The lowest BCUT2D eigenvalue weighted by molar-refractivity contribution is -0.121. The van der Waals surface area contributed by atoms with E-state index in [1.165, 1.54) is 16.2 Å². The van der Waals surface area contributed by atoms with E-state index in [2.05, 4.69) is 11.4 Å². The van der Waals surface area contributed by atoms with Gasteiger partial charge in [-0.1, -0.05) is 6.07 Å². The number of hydrogen-bond acceptors (Lipinski definition) is 4. The van der Waals surface area contributed by atoms with Crippen LogP contribution in [0.5, 0.6) is 0 Å². The molecule has 0 aliphatic heterocycles. The first-order valence-electron chi connectivity index (χ1n) is 6.54. The van der Waals surface area contributed by atoms with E-state index in [0.29, 0.717) is 6.54 Å². The van der Waals surface area contributed by atoms with Crippen LogP contribution >= 0.6 is 22.7 Å². The number of nitrogens with one attached hydrogen (secondary N) is 1. The molecule has 20 heavy (non-hydrogen) atoms. The Hall–Kier alpha value is -1.46. The van der Waals surface area contributed by atoms with E-state index >= 15 is 0 Å². The highest BCUT2D eigenvalue weighted by atomic mass is 32.1. The molecular weight excluding hydrogens is 290 g/mol. The topological polar surface area (TPSA) is 46.2 Å². The first-order valence-corrected chi connectivity index (χ1v) is 8.23. The molecule has 2 aromatic rings. The highest BCUT2D eigenvalue weighted by Crippen LogP contribution is 2.17. The summed E-state index contributed by atoms with van der Waals surface area (Å²) in [5, 5.41) is 4.88. The Morgan fingerprint density at radius 3 is 2.70 bits per heavy atom. The number of carbonyl (C=O) groups is 2. The fourth-order valence-electron chi connectivity index (χ4n) is 1.80. The molecule has 0 aliphatic rings. The highest BCUT2D eigenvalue weighted by molar-refractivity contribution is 7.14. The Kier molecular flexibility index (Phi) is 5.49. The molecule has 2 heterocycles. The van der Waals surface area contributed by atoms with E-state index in [1.807, 2.05) is 30.5 Å². The van der Waals surface area contributed by atoms with Crippen LogP contribution < -0.4 is 5.32 Å². The van der Waals surface area contributed by atoms with Crippen LogP contribution in [0.1, 0.15) is 32.3 Å². The second kappa shape index (κ2) is 7.36. The molecule has 3 nitrogen and oxygen atoms in total. The van der Waals surface area contributed by atoms with Gasteiger partial charge in [-0.3, -0.25) is 9.59 Å². The first kappa shape index (κ1) is 14.9. The average Bonchev–Trinajstić information content (AvgIpc) is 3.07. The molecule has 0 atom stereocenters. The van der Waals surface area contributed by atoms with Gasteiger partial charge in [0, 0.05) is 29.1 Å². The summed E-state index contributed by atoms with van der Waals surface area (Å²) in [6.07, 6.45) is 1.40. The van der Waals surface area contributed by atoms with E-state index in [-0.39, 0.29) is 24.5 Å². The molecule has 1 N–H and O–H groups in total. The second-order valence-corrected chi connectivity index (χ2v) is 6.83. The predicted octanol–water partition coefficient (Wildman–Crippen LogP) is 3.44. The lowest BCUT2D eigenvalue weighted by Gasteiger charge is -2.03. The maximum atomic E-state index is 11.9. The zero-order chi connectivity index (χ0) is 14.4. The summed E-state index contributed by atoms with van der Waals surface area (Å²) in [7, 11) is 0. The Morgan fingerprint density at radius 1 is 1.20 bits per heavy atom. The van der Waals surface area contributed by atoms with Crippen molar-refractivity contribution in [3.05, 3.63) is 44.3 Å². The molecule has 0 aromatic carbocycles. The molecule has 0 spiro atoms. The zero-order valence-electron chi connectivity index (χ0n) is 11.3. The molecule has 0 fully saturated rings. The number of hydrogen-bond donors (Lipinski definition) is 1. The van der Waals surface area contributed by atoms with Crippen LogP contribution in [-0.4, -0.2) is 18.2 Å². The summed E-state index contributed by atoms with van der Waals surface area (Å²) in [4.78, 5) is 26.6. The van der Waals surface area contributed by atoms with Crippen molar-refractivity contribution in [1.29, 1.82) is 0 Å². The third-order valence-corrected chi connectivity index (χ3v) is 4.85. The van der Waals surface area contributed by atoms with Crippen molar-refractivity contribution in [2.24, 2.45) is 0 Å². The summed E-state index contributed by atoms with van der Waals surface area (Å²) in [6, 6.07) is 7.82. The minimum Gasteiger partial charge on any atom is -0.356 e. The molecule has 106 valence electrons. The monoisotopic (exact) mass is 307 g/mol. The molecule has 0 saturated heterocycles. The number of rotatable bonds is 7. The van der Waals surface area contributed by atoms with Crippen molar-refractivity contribution in [1.82, 2.24) is 5.32 Å². The van der Waals surface area contributed by atoms with Crippen molar-refractivity contribution >= 4 is 34.4 Å². The van der Waals surface area contributed by atoms with Crippen LogP contribution in [0, 0.1) is 6.92 Å². The third-order valence-electron chi connectivity index (χ3n) is 2.87. The second-order valence-electron chi connectivity index (χ2n) is 4.51.